The topological polar surface area (TPSA) is 58.2 Å². The molecule has 1 atom stereocenters. The Balaban J connectivity index is 1.65. The number of carbonyl (C=O) groups is 2. The first-order chi connectivity index (χ1) is 11.5. The first kappa shape index (κ1) is 16.2. The lowest BCUT2D eigenvalue weighted by Crippen LogP contribution is -2.26. The van der Waals surface area contributed by atoms with Crippen molar-refractivity contribution >= 4 is 17.5 Å². The number of carbonyl (C=O) groups excluding carboxylic acids is 2. The Morgan fingerprint density at radius 1 is 1.08 bits per heavy atom. The summed E-state index contributed by atoms with van der Waals surface area (Å²) in [7, 11) is 0. The fourth-order valence-corrected chi connectivity index (χ4v) is 2.55. The second kappa shape index (κ2) is 6.87. The molecule has 2 aromatic rings. The van der Waals surface area contributed by atoms with Crippen molar-refractivity contribution in [1.82, 2.24) is 5.32 Å². The average Bonchev–Trinajstić information content (AvgIpc) is 3.40. The van der Waals surface area contributed by atoms with Gasteiger partial charge in [0, 0.05) is 17.2 Å². The molecule has 3 rings (SSSR count). The quantitative estimate of drug-likeness (QED) is 0.879. The third-order valence-corrected chi connectivity index (χ3v) is 4.27. The van der Waals surface area contributed by atoms with E-state index in [4.69, 9.17) is 0 Å². The Hall–Kier alpha value is -2.62. The number of anilines is 1. The molecular formula is C20H22N2O2. The van der Waals surface area contributed by atoms with Crippen molar-refractivity contribution in [3.8, 4) is 0 Å². The summed E-state index contributed by atoms with van der Waals surface area (Å²) in [6, 6.07) is 15.1. The van der Waals surface area contributed by atoms with E-state index in [1.165, 1.54) is 5.56 Å². The molecule has 1 aliphatic carbocycles. The molecule has 124 valence electrons. The monoisotopic (exact) mass is 322 g/mol. The predicted octanol–water partition coefficient (Wildman–Crippen LogP) is 3.83. The highest BCUT2D eigenvalue weighted by molar-refractivity contribution is 5.98. The van der Waals surface area contributed by atoms with Crippen molar-refractivity contribution in [1.29, 1.82) is 0 Å². The van der Waals surface area contributed by atoms with Gasteiger partial charge in [-0.3, -0.25) is 9.59 Å². The molecular weight excluding hydrogens is 300 g/mol. The van der Waals surface area contributed by atoms with E-state index in [0.717, 1.165) is 18.4 Å². The van der Waals surface area contributed by atoms with Crippen LogP contribution < -0.4 is 10.6 Å². The van der Waals surface area contributed by atoms with E-state index in [-0.39, 0.29) is 23.8 Å². The maximum atomic E-state index is 12.5. The molecule has 2 N–H and O–H groups in total. The van der Waals surface area contributed by atoms with Crippen LogP contribution in [0.1, 0.15) is 47.3 Å². The molecule has 0 radical (unpaired) electrons. The van der Waals surface area contributed by atoms with Crippen LogP contribution in [0.4, 0.5) is 5.69 Å². The van der Waals surface area contributed by atoms with E-state index in [1.807, 2.05) is 38.1 Å². The summed E-state index contributed by atoms with van der Waals surface area (Å²) in [6.07, 6.45) is 1.92. The summed E-state index contributed by atoms with van der Waals surface area (Å²) in [5, 5.41) is 5.87. The van der Waals surface area contributed by atoms with Crippen LogP contribution in [0, 0.1) is 12.8 Å². The number of nitrogens with one attached hydrogen (secondary N) is 2. The number of aryl methyl sites for hydroxylation is 1. The zero-order chi connectivity index (χ0) is 17.1. The molecule has 24 heavy (non-hydrogen) atoms. The molecule has 4 nitrogen and oxygen atoms in total. The fourth-order valence-electron chi connectivity index (χ4n) is 2.55. The van der Waals surface area contributed by atoms with E-state index in [0.29, 0.717) is 11.3 Å². The average molecular weight is 322 g/mol. The van der Waals surface area contributed by atoms with Gasteiger partial charge in [0.15, 0.2) is 0 Å². The summed E-state index contributed by atoms with van der Waals surface area (Å²) in [4.78, 5) is 24.3. The van der Waals surface area contributed by atoms with Crippen LogP contribution in [0.2, 0.25) is 0 Å². The van der Waals surface area contributed by atoms with Crippen molar-refractivity contribution < 1.29 is 9.59 Å². The molecule has 1 saturated carbocycles. The second-order valence-corrected chi connectivity index (χ2v) is 6.45. The van der Waals surface area contributed by atoms with Gasteiger partial charge in [0.05, 0.1) is 6.04 Å². The zero-order valence-corrected chi connectivity index (χ0v) is 14.0. The van der Waals surface area contributed by atoms with Crippen molar-refractivity contribution in [2.75, 3.05) is 5.32 Å². The first-order valence-electron chi connectivity index (χ1n) is 8.31. The molecule has 1 aliphatic rings. The molecule has 0 aliphatic heterocycles. The highest BCUT2D eigenvalue weighted by Crippen LogP contribution is 2.30. The number of amides is 2. The molecule has 2 aromatic carbocycles. The molecule has 0 bridgehead atoms. The number of hydrogen-bond donors (Lipinski definition) is 2. The van der Waals surface area contributed by atoms with Gasteiger partial charge >= 0.3 is 0 Å². The van der Waals surface area contributed by atoms with Crippen molar-refractivity contribution in [3.63, 3.8) is 0 Å². The highest BCUT2D eigenvalue weighted by Gasteiger charge is 2.29. The Morgan fingerprint density at radius 3 is 2.46 bits per heavy atom. The van der Waals surface area contributed by atoms with E-state index < -0.39 is 0 Å². The molecule has 0 aromatic heterocycles. The smallest absolute Gasteiger partial charge is 0.251 e. The van der Waals surface area contributed by atoms with Gasteiger partial charge < -0.3 is 10.6 Å². The van der Waals surface area contributed by atoms with Gasteiger partial charge in [0.1, 0.15) is 0 Å². The van der Waals surface area contributed by atoms with Gasteiger partial charge in [0.25, 0.3) is 5.91 Å². The lowest BCUT2D eigenvalue weighted by Gasteiger charge is -2.15. The number of rotatable bonds is 5. The van der Waals surface area contributed by atoms with Crippen LogP contribution in [0.25, 0.3) is 0 Å². The van der Waals surface area contributed by atoms with Crippen LogP contribution >= 0.6 is 0 Å². The summed E-state index contributed by atoms with van der Waals surface area (Å²) in [5.41, 5.74) is 3.47. The lowest BCUT2D eigenvalue weighted by molar-refractivity contribution is -0.117. The fraction of sp³-hybridized carbons (Fsp3) is 0.300. The molecule has 0 saturated heterocycles. The van der Waals surface area contributed by atoms with Gasteiger partial charge in [-0.25, -0.2) is 0 Å². The Bertz CT molecular complexity index is 748. The van der Waals surface area contributed by atoms with Crippen molar-refractivity contribution in [2.24, 2.45) is 5.92 Å². The minimum absolute atomic E-state index is 0.0422. The number of hydrogen-bond acceptors (Lipinski definition) is 2. The molecule has 0 spiro atoms. The van der Waals surface area contributed by atoms with Crippen LogP contribution in [0.3, 0.4) is 0 Å². The molecule has 2 amide bonds. The van der Waals surface area contributed by atoms with Crippen LogP contribution in [0.5, 0.6) is 0 Å². The second-order valence-electron chi connectivity index (χ2n) is 6.45. The maximum Gasteiger partial charge on any atom is 0.251 e. The van der Waals surface area contributed by atoms with Crippen LogP contribution in [0.15, 0.2) is 48.5 Å². The third kappa shape index (κ3) is 4.02. The van der Waals surface area contributed by atoms with Crippen molar-refractivity contribution in [2.45, 2.75) is 32.7 Å². The third-order valence-electron chi connectivity index (χ3n) is 4.27. The van der Waals surface area contributed by atoms with Gasteiger partial charge in [-0.15, -0.1) is 0 Å². The minimum atomic E-state index is -0.148. The number of benzene rings is 2. The van der Waals surface area contributed by atoms with E-state index in [1.54, 1.807) is 24.3 Å². The molecule has 0 heterocycles. The molecule has 4 heteroatoms. The lowest BCUT2D eigenvalue weighted by atomic mass is 10.1. The summed E-state index contributed by atoms with van der Waals surface area (Å²) in [6.45, 7) is 4.00. The Kier molecular flexibility index (Phi) is 4.65. The minimum Gasteiger partial charge on any atom is -0.346 e. The summed E-state index contributed by atoms with van der Waals surface area (Å²) < 4.78 is 0. The van der Waals surface area contributed by atoms with Crippen LogP contribution in [-0.2, 0) is 4.79 Å². The van der Waals surface area contributed by atoms with Gasteiger partial charge in [-0.1, -0.05) is 35.9 Å². The van der Waals surface area contributed by atoms with Crippen LogP contribution in [-0.4, -0.2) is 11.8 Å². The SMILES string of the molecule is Cc1ccc(C(C)NC(=O)c2cccc(NC(=O)C3CC3)c2)cc1. The van der Waals surface area contributed by atoms with E-state index >= 15 is 0 Å². The zero-order valence-electron chi connectivity index (χ0n) is 14.0. The predicted molar refractivity (Wildman–Crippen MR) is 94.9 cm³/mol. The molecule has 1 unspecified atom stereocenters. The van der Waals surface area contributed by atoms with Gasteiger partial charge in [-0.05, 0) is 50.5 Å². The van der Waals surface area contributed by atoms with Crippen molar-refractivity contribution in [3.05, 3.63) is 65.2 Å². The molecule has 1 fully saturated rings. The summed E-state index contributed by atoms with van der Waals surface area (Å²) >= 11 is 0. The van der Waals surface area contributed by atoms with E-state index in [9.17, 15) is 9.59 Å². The largest absolute Gasteiger partial charge is 0.346 e. The standard InChI is InChI=1S/C20H22N2O2/c1-13-6-8-15(9-7-13)14(2)21-20(24)17-4-3-5-18(12-17)22-19(23)16-10-11-16/h3-9,12,14,16H,10-11H2,1-2H3,(H,21,24)(H,22,23). The first-order valence-corrected chi connectivity index (χ1v) is 8.31. The normalized spacial score (nSPS) is 14.8. The Labute approximate surface area is 142 Å². The maximum absolute atomic E-state index is 12.5. The summed E-state index contributed by atoms with van der Waals surface area (Å²) in [5.74, 6) is 0.0372. The van der Waals surface area contributed by atoms with Gasteiger partial charge in [-0.2, -0.15) is 0 Å². The highest BCUT2D eigenvalue weighted by atomic mass is 16.2. The van der Waals surface area contributed by atoms with E-state index in [2.05, 4.69) is 10.6 Å². The van der Waals surface area contributed by atoms with Gasteiger partial charge in [0.2, 0.25) is 5.91 Å². The Morgan fingerprint density at radius 2 is 1.79 bits per heavy atom.